The van der Waals surface area contributed by atoms with Crippen molar-refractivity contribution in [1.29, 1.82) is 0 Å². The Bertz CT molecular complexity index is 1310. The minimum Gasteiger partial charge on any atom is -0.410 e. The highest BCUT2D eigenvalue weighted by molar-refractivity contribution is 5.96. The van der Waals surface area contributed by atoms with Crippen molar-refractivity contribution in [2.75, 3.05) is 0 Å². The topological polar surface area (TPSA) is 66.8 Å². The second kappa shape index (κ2) is 8.70. The summed E-state index contributed by atoms with van der Waals surface area (Å²) in [5.41, 5.74) is -0.0216. The molecule has 0 spiro atoms. The SMILES string of the molecule is Cc1c(OC(=O)Oc2ccccc2)n(C(=O)Oc2ccc(C(F)(F)F)cc2)c2ccccc12. The summed E-state index contributed by atoms with van der Waals surface area (Å²) in [6.45, 7) is 1.65. The van der Waals surface area contributed by atoms with Crippen molar-refractivity contribution >= 4 is 23.2 Å². The van der Waals surface area contributed by atoms with Gasteiger partial charge in [0.15, 0.2) is 0 Å². The number of nitrogens with zero attached hydrogens (tertiary/aromatic N) is 1. The van der Waals surface area contributed by atoms with Crippen LogP contribution in [0.25, 0.3) is 10.9 Å². The summed E-state index contributed by atoms with van der Waals surface area (Å²) in [6.07, 6.45) is -6.56. The molecule has 0 atom stereocenters. The first-order chi connectivity index (χ1) is 15.7. The number of aromatic nitrogens is 1. The second-order valence-electron chi connectivity index (χ2n) is 6.94. The Hall–Kier alpha value is -4.27. The van der Waals surface area contributed by atoms with Crippen LogP contribution >= 0.6 is 0 Å². The molecule has 0 aliphatic rings. The van der Waals surface area contributed by atoms with Crippen molar-refractivity contribution in [3.63, 3.8) is 0 Å². The Labute approximate surface area is 185 Å². The Morgan fingerprint density at radius 2 is 1.36 bits per heavy atom. The largest absolute Gasteiger partial charge is 0.520 e. The molecule has 1 heterocycles. The van der Waals surface area contributed by atoms with Gasteiger partial charge in [-0.3, -0.25) is 0 Å². The van der Waals surface area contributed by atoms with E-state index >= 15 is 0 Å². The van der Waals surface area contributed by atoms with E-state index in [1.54, 1.807) is 61.5 Å². The van der Waals surface area contributed by atoms with Gasteiger partial charge >= 0.3 is 18.4 Å². The molecule has 0 bridgehead atoms. The van der Waals surface area contributed by atoms with Gasteiger partial charge in [0.1, 0.15) is 11.5 Å². The van der Waals surface area contributed by atoms with Crippen LogP contribution in [0.3, 0.4) is 0 Å². The van der Waals surface area contributed by atoms with Crippen molar-refractivity contribution in [2.45, 2.75) is 13.1 Å². The molecular weight excluding hydrogens is 439 g/mol. The zero-order chi connectivity index (χ0) is 23.6. The van der Waals surface area contributed by atoms with Crippen molar-refractivity contribution in [3.8, 4) is 17.4 Å². The predicted molar refractivity (Wildman–Crippen MR) is 113 cm³/mol. The number of para-hydroxylation sites is 2. The lowest BCUT2D eigenvalue weighted by Crippen LogP contribution is -2.22. The maximum Gasteiger partial charge on any atom is 0.520 e. The van der Waals surface area contributed by atoms with E-state index in [1.807, 2.05) is 0 Å². The smallest absolute Gasteiger partial charge is 0.410 e. The number of hydrogen-bond acceptors (Lipinski definition) is 5. The van der Waals surface area contributed by atoms with Gasteiger partial charge in [-0.1, -0.05) is 36.4 Å². The first-order valence-corrected chi connectivity index (χ1v) is 9.68. The van der Waals surface area contributed by atoms with Crippen LogP contribution in [-0.2, 0) is 6.18 Å². The summed E-state index contributed by atoms with van der Waals surface area (Å²) in [7, 11) is 0. The summed E-state index contributed by atoms with van der Waals surface area (Å²) in [4.78, 5) is 25.3. The first-order valence-electron chi connectivity index (χ1n) is 9.68. The predicted octanol–water partition coefficient (Wildman–Crippen LogP) is 6.59. The molecule has 0 radical (unpaired) electrons. The second-order valence-corrected chi connectivity index (χ2v) is 6.94. The highest BCUT2D eigenvalue weighted by atomic mass is 19.4. The summed E-state index contributed by atoms with van der Waals surface area (Å²) >= 11 is 0. The molecule has 4 rings (SSSR count). The average Bonchev–Trinajstić information content (AvgIpc) is 3.06. The fourth-order valence-electron chi connectivity index (χ4n) is 3.22. The lowest BCUT2D eigenvalue weighted by Gasteiger charge is -2.12. The van der Waals surface area contributed by atoms with E-state index in [0.29, 0.717) is 16.5 Å². The third kappa shape index (κ3) is 4.67. The molecule has 0 saturated carbocycles. The molecule has 0 fully saturated rings. The van der Waals surface area contributed by atoms with Crippen molar-refractivity contribution in [2.24, 2.45) is 0 Å². The molecular formula is C24H16F3NO5. The van der Waals surface area contributed by atoms with E-state index in [9.17, 15) is 22.8 Å². The Kier molecular flexibility index (Phi) is 5.78. The van der Waals surface area contributed by atoms with Gasteiger partial charge in [0, 0.05) is 10.9 Å². The number of rotatable bonds is 3. The molecule has 0 amide bonds. The Morgan fingerprint density at radius 3 is 2.03 bits per heavy atom. The zero-order valence-corrected chi connectivity index (χ0v) is 17.1. The molecule has 3 aromatic carbocycles. The minimum absolute atomic E-state index is 0.110. The molecule has 9 heteroatoms. The van der Waals surface area contributed by atoms with E-state index in [4.69, 9.17) is 14.2 Å². The van der Waals surface area contributed by atoms with Crippen LogP contribution in [-0.4, -0.2) is 16.8 Å². The van der Waals surface area contributed by atoms with Gasteiger partial charge in [-0.15, -0.1) is 0 Å². The molecule has 168 valence electrons. The Morgan fingerprint density at radius 1 is 0.758 bits per heavy atom. The number of aryl methyl sites for hydroxylation is 1. The number of benzene rings is 3. The highest BCUT2D eigenvalue weighted by Crippen LogP contribution is 2.33. The molecule has 4 aromatic rings. The number of hydrogen-bond donors (Lipinski definition) is 0. The van der Waals surface area contributed by atoms with Gasteiger partial charge < -0.3 is 14.2 Å². The van der Waals surface area contributed by atoms with Crippen LogP contribution in [0.1, 0.15) is 11.1 Å². The van der Waals surface area contributed by atoms with Gasteiger partial charge in [-0.05, 0) is 49.4 Å². The molecule has 1 aromatic heterocycles. The van der Waals surface area contributed by atoms with Gasteiger partial charge in [-0.2, -0.15) is 13.2 Å². The normalized spacial score (nSPS) is 11.3. The molecule has 0 saturated heterocycles. The fraction of sp³-hybridized carbons (Fsp3) is 0.0833. The summed E-state index contributed by atoms with van der Waals surface area (Å²) in [5, 5.41) is 0.615. The number of carbonyl (C=O) groups excluding carboxylic acids is 2. The number of halogens is 3. The van der Waals surface area contributed by atoms with E-state index in [1.165, 1.54) is 0 Å². The highest BCUT2D eigenvalue weighted by Gasteiger charge is 2.30. The van der Waals surface area contributed by atoms with Crippen LogP contribution in [0, 0.1) is 6.92 Å². The van der Waals surface area contributed by atoms with Crippen LogP contribution in [0.15, 0.2) is 78.9 Å². The molecule has 0 aliphatic heterocycles. The maximum absolute atomic E-state index is 13.0. The van der Waals surface area contributed by atoms with Gasteiger partial charge in [0.05, 0.1) is 11.1 Å². The quantitative estimate of drug-likeness (QED) is 0.257. The van der Waals surface area contributed by atoms with Crippen LogP contribution in [0.4, 0.5) is 22.8 Å². The Balaban J connectivity index is 1.64. The van der Waals surface area contributed by atoms with Gasteiger partial charge in [0.25, 0.3) is 0 Å². The number of fused-ring (bicyclic) bond motifs is 1. The molecule has 0 N–H and O–H groups in total. The lowest BCUT2D eigenvalue weighted by molar-refractivity contribution is -0.137. The molecule has 33 heavy (non-hydrogen) atoms. The third-order valence-corrected chi connectivity index (χ3v) is 4.77. The van der Waals surface area contributed by atoms with E-state index < -0.39 is 24.0 Å². The minimum atomic E-state index is -4.52. The fourth-order valence-corrected chi connectivity index (χ4v) is 3.22. The lowest BCUT2D eigenvalue weighted by atomic mass is 10.2. The van der Waals surface area contributed by atoms with Gasteiger partial charge in [0.2, 0.25) is 5.88 Å². The van der Waals surface area contributed by atoms with Gasteiger partial charge in [-0.25, -0.2) is 14.2 Å². The summed E-state index contributed by atoms with van der Waals surface area (Å²) in [6, 6.07) is 18.6. The van der Waals surface area contributed by atoms with Crippen LogP contribution in [0.2, 0.25) is 0 Å². The molecule has 6 nitrogen and oxygen atoms in total. The van der Waals surface area contributed by atoms with Crippen molar-refractivity contribution in [3.05, 3.63) is 90.0 Å². The summed E-state index contributed by atoms with van der Waals surface area (Å²) in [5.74, 6) is 0.00503. The molecule has 0 unspecified atom stereocenters. The van der Waals surface area contributed by atoms with Crippen molar-refractivity contribution < 1.29 is 37.0 Å². The van der Waals surface area contributed by atoms with E-state index in [0.717, 1.165) is 28.8 Å². The maximum atomic E-state index is 13.0. The standard InChI is InChI=1S/C24H16F3NO5/c1-15-19-9-5-6-10-20(19)28(21(15)33-23(30)32-17-7-3-2-4-8-17)22(29)31-18-13-11-16(12-14-18)24(25,26)27/h2-14H,1H3. The van der Waals surface area contributed by atoms with Crippen LogP contribution < -0.4 is 14.2 Å². The number of ether oxygens (including phenoxy) is 3. The van der Waals surface area contributed by atoms with Crippen molar-refractivity contribution in [1.82, 2.24) is 4.57 Å². The van der Waals surface area contributed by atoms with Crippen LogP contribution in [0.5, 0.6) is 17.4 Å². The molecule has 0 aliphatic carbocycles. The number of carbonyl (C=O) groups is 2. The monoisotopic (exact) mass is 455 g/mol. The van der Waals surface area contributed by atoms with E-state index in [-0.39, 0.29) is 17.4 Å². The average molecular weight is 455 g/mol. The first kappa shape index (κ1) is 21.9. The number of alkyl halides is 3. The summed E-state index contributed by atoms with van der Waals surface area (Å²) < 4.78 is 55.1. The third-order valence-electron chi connectivity index (χ3n) is 4.77. The zero-order valence-electron chi connectivity index (χ0n) is 17.1. The van der Waals surface area contributed by atoms with E-state index in [2.05, 4.69) is 0 Å².